The van der Waals surface area contributed by atoms with Gasteiger partial charge in [0.1, 0.15) is 5.82 Å². The van der Waals surface area contributed by atoms with Crippen LogP contribution < -0.4 is 5.32 Å². The Balaban J connectivity index is 1.64. The minimum Gasteiger partial charge on any atom is -0.392 e. The molecule has 2 aromatic carbocycles. The summed E-state index contributed by atoms with van der Waals surface area (Å²) in [5.41, 5.74) is 1.91. The first kappa shape index (κ1) is 20.0. The molecule has 7 heteroatoms. The summed E-state index contributed by atoms with van der Waals surface area (Å²) in [5.74, 6) is 1.18. The first-order valence-electron chi connectivity index (χ1n) is 9.02. The number of amides is 1. The molecule has 0 saturated carbocycles. The number of halogens is 1. The SMILES string of the molecule is CC(C)(Cc1nnc(-c2ccc(CO)cc2)[nH]1)C(=O)NCc1ccccc1Cl. The maximum absolute atomic E-state index is 12.7. The molecule has 1 amide bonds. The van der Waals surface area contributed by atoms with E-state index in [0.717, 1.165) is 16.7 Å². The molecule has 0 bridgehead atoms. The highest BCUT2D eigenvalue weighted by Gasteiger charge is 2.29. The Kier molecular flexibility index (Phi) is 6.11. The third-order valence-corrected chi connectivity index (χ3v) is 4.93. The molecule has 0 radical (unpaired) electrons. The smallest absolute Gasteiger partial charge is 0.226 e. The Bertz CT molecular complexity index is 951. The molecule has 0 aliphatic heterocycles. The lowest BCUT2D eigenvalue weighted by Gasteiger charge is -2.22. The van der Waals surface area contributed by atoms with E-state index in [1.165, 1.54) is 0 Å². The van der Waals surface area contributed by atoms with Gasteiger partial charge in [-0.1, -0.05) is 67.9 Å². The van der Waals surface area contributed by atoms with Gasteiger partial charge in [0.25, 0.3) is 0 Å². The number of H-pyrrole nitrogens is 1. The van der Waals surface area contributed by atoms with Crippen LogP contribution in [0.15, 0.2) is 48.5 Å². The lowest BCUT2D eigenvalue weighted by atomic mass is 9.88. The molecular formula is C21H23ClN4O2. The zero-order chi connectivity index (χ0) is 20.1. The highest BCUT2D eigenvalue weighted by Crippen LogP contribution is 2.23. The number of hydrogen-bond donors (Lipinski definition) is 3. The van der Waals surface area contributed by atoms with Crippen LogP contribution >= 0.6 is 11.6 Å². The Morgan fingerprint density at radius 2 is 1.86 bits per heavy atom. The van der Waals surface area contributed by atoms with Gasteiger partial charge in [0.2, 0.25) is 5.91 Å². The first-order valence-corrected chi connectivity index (χ1v) is 9.40. The van der Waals surface area contributed by atoms with Crippen molar-refractivity contribution in [1.82, 2.24) is 20.5 Å². The van der Waals surface area contributed by atoms with Crippen LogP contribution in [0.2, 0.25) is 5.02 Å². The van der Waals surface area contributed by atoms with Crippen molar-refractivity contribution in [1.29, 1.82) is 0 Å². The Hall–Kier alpha value is -2.70. The summed E-state index contributed by atoms with van der Waals surface area (Å²) in [5, 5.41) is 21.1. The number of hydrogen-bond acceptors (Lipinski definition) is 4. The van der Waals surface area contributed by atoms with E-state index in [-0.39, 0.29) is 12.5 Å². The third-order valence-electron chi connectivity index (χ3n) is 4.56. The van der Waals surface area contributed by atoms with Crippen LogP contribution in [0.25, 0.3) is 11.4 Å². The Morgan fingerprint density at radius 1 is 1.14 bits per heavy atom. The van der Waals surface area contributed by atoms with Crippen molar-refractivity contribution in [2.45, 2.75) is 33.4 Å². The van der Waals surface area contributed by atoms with Gasteiger partial charge in [0.15, 0.2) is 5.82 Å². The van der Waals surface area contributed by atoms with E-state index in [1.807, 2.05) is 56.3 Å². The molecule has 3 rings (SSSR count). The lowest BCUT2D eigenvalue weighted by Crippen LogP contribution is -2.38. The van der Waals surface area contributed by atoms with Crippen molar-refractivity contribution in [3.05, 3.63) is 70.5 Å². The summed E-state index contributed by atoms with van der Waals surface area (Å²) in [6.07, 6.45) is 0.420. The summed E-state index contributed by atoms with van der Waals surface area (Å²) < 4.78 is 0. The van der Waals surface area contributed by atoms with E-state index in [1.54, 1.807) is 6.07 Å². The minimum atomic E-state index is -0.668. The number of aliphatic hydroxyl groups is 1. The average Bonchev–Trinajstić information content (AvgIpc) is 3.15. The molecule has 0 fully saturated rings. The first-order chi connectivity index (χ1) is 13.4. The topological polar surface area (TPSA) is 90.9 Å². The zero-order valence-corrected chi connectivity index (χ0v) is 16.6. The van der Waals surface area contributed by atoms with Gasteiger partial charge in [-0.2, -0.15) is 0 Å². The molecule has 0 saturated heterocycles. The van der Waals surface area contributed by atoms with Gasteiger partial charge in [-0.25, -0.2) is 0 Å². The van der Waals surface area contributed by atoms with Crippen molar-refractivity contribution in [3.8, 4) is 11.4 Å². The molecule has 6 nitrogen and oxygen atoms in total. The standard InChI is InChI=1S/C21H23ClN4O2/c1-21(2,20(28)23-12-16-5-3-4-6-17(16)22)11-18-24-19(26-25-18)15-9-7-14(13-27)8-10-15/h3-10,27H,11-13H2,1-2H3,(H,23,28)(H,24,25,26). The predicted molar refractivity (Wildman–Crippen MR) is 109 cm³/mol. The fourth-order valence-electron chi connectivity index (χ4n) is 2.83. The van der Waals surface area contributed by atoms with Crippen molar-refractivity contribution < 1.29 is 9.90 Å². The van der Waals surface area contributed by atoms with E-state index in [0.29, 0.717) is 29.6 Å². The van der Waals surface area contributed by atoms with Gasteiger partial charge in [0.05, 0.1) is 12.0 Å². The number of nitrogens with one attached hydrogen (secondary N) is 2. The van der Waals surface area contributed by atoms with Gasteiger partial charge in [-0.05, 0) is 17.2 Å². The van der Waals surface area contributed by atoms with Gasteiger partial charge in [-0.3, -0.25) is 4.79 Å². The second kappa shape index (κ2) is 8.54. The summed E-state index contributed by atoms with van der Waals surface area (Å²) in [6, 6.07) is 14.9. The van der Waals surface area contributed by atoms with Crippen LogP contribution in [0.3, 0.4) is 0 Å². The number of aromatic amines is 1. The van der Waals surface area contributed by atoms with Crippen molar-refractivity contribution in [2.24, 2.45) is 5.41 Å². The van der Waals surface area contributed by atoms with Crippen LogP contribution in [-0.4, -0.2) is 26.2 Å². The van der Waals surface area contributed by atoms with Crippen LogP contribution in [0.1, 0.15) is 30.8 Å². The number of carbonyl (C=O) groups is 1. The van der Waals surface area contributed by atoms with E-state index in [9.17, 15) is 4.79 Å². The quantitative estimate of drug-likeness (QED) is 0.568. The van der Waals surface area contributed by atoms with Crippen molar-refractivity contribution in [3.63, 3.8) is 0 Å². The normalized spacial score (nSPS) is 11.4. The fraction of sp³-hybridized carbons (Fsp3) is 0.286. The molecule has 0 atom stereocenters. The maximum Gasteiger partial charge on any atom is 0.226 e. The number of benzene rings is 2. The molecule has 0 aliphatic rings. The molecule has 28 heavy (non-hydrogen) atoms. The van der Waals surface area contributed by atoms with E-state index in [4.69, 9.17) is 16.7 Å². The average molecular weight is 399 g/mol. The van der Waals surface area contributed by atoms with Crippen molar-refractivity contribution in [2.75, 3.05) is 0 Å². The molecular weight excluding hydrogens is 376 g/mol. The highest BCUT2D eigenvalue weighted by molar-refractivity contribution is 6.31. The van der Waals surface area contributed by atoms with Gasteiger partial charge >= 0.3 is 0 Å². The van der Waals surface area contributed by atoms with Crippen molar-refractivity contribution >= 4 is 17.5 Å². The summed E-state index contributed by atoms with van der Waals surface area (Å²) in [7, 11) is 0. The molecule has 0 unspecified atom stereocenters. The van der Waals surface area contributed by atoms with E-state index < -0.39 is 5.41 Å². The van der Waals surface area contributed by atoms with E-state index in [2.05, 4.69) is 20.5 Å². The zero-order valence-electron chi connectivity index (χ0n) is 15.9. The molecule has 0 aliphatic carbocycles. The summed E-state index contributed by atoms with van der Waals surface area (Å²) >= 11 is 6.14. The Morgan fingerprint density at radius 3 is 2.54 bits per heavy atom. The van der Waals surface area contributed by atoms with E-state index >= 15 is 0 Å². The third kappa shape index (κ3) is 4.77. The largest absolute Gasteiger partial charge is 0.392 e. The van der Waals surface area contributed by atoms with Crippen LogP contribution in [0.4, 0.5) is 0 Å². The van der Waals surface area contributed by atoms with Crippen LogP contribution in [0, 0.1) is 5.41 Å². The minimum absolute atomic E-state index is 0.000566. The highest BCUT2D eigenvalue weighted by atomic mass is 35.5. The fourth-order valence-corrected chi connectivity index (χ4v) is 3.03. The molecule has 3 N–H and O–H groups in total. The number of rotatable bonds is 7. The second-order valence-electron chi connectivity index (χ2n) is 7.31. The lowest BCUT2D eigenvalue weighted by molar-refractivity contribution is -0.129. The number of aromatic nitrogens is 3. The molecule has 0 spiro atoms. The van der Waals surface area contributed by atoms with Gasteiger partial charge in [0, 0.05) is 23.6 Å². The van der Waals surface area contributed by atoms with Crippen LogP contribution in [-0.2, 0) is 24.4 Å². The number of aliphatic hydroxyl groups excluding tert-OH is 1. The maximum atomic E-state index is 12.7. The molecule has 146 valence electrons. The Labute approximate surface area is 169 Å². The van der Waals surface area contributed by atoms with Gasteiger partial charge in [-0.15, -0.1) is 10.2 Å². The molecule has 1 aromatic heterocycles. The molecule has 1 heterocycles. The summed E-state index contributed by atoms with van der Waals surface area (Å²) in [4.78, 5) is 15.8. The second-order valence-corrected chi connectivity index (χ2v) is 7.72. The monoisotopic (exact) mass is 398 g/mol. The molecule has 3 aromatic rings. The van der Waals surface area contributed by atoms with Gasteiger partial charge < -0.3 is 15.4 Å². The number of nitrogens with zero attached hydrogens (tertiary/aromatic N) is 2. The van der Waals surface area contributed by atoms with Crippen LogP contribution in [0.5, 0.6) is 0 Å². The number of carbonyl (C=O) groups excluding carboxylic acids is 1. The summed E-state index contributed by atoms with van der Waals surface area (Å²) in [6.45, 7) is 4.11. The predicted octanol–water partition coefficient (Wildman–Crippen LogP) is 3.50.